The highest BCUT2D eigenvalue weighted by atomic mass is 32.2. The standard InChI is InChI=1S/C22H29N3O5S/c1-15(2)12-19(25-31(27,28)18-9-6-16(3)7-10-18)22(26)24-23-14-17-8-11-20(29-4)21(13-17)30-5/h6-11,13-15,19,25H,12H2,1-5H3,(H,24,26)/b23-14-/t19-/m0/s1. The highest BCUT2D eigenvalue weighted by Crippen LogP contribution is 2.26. The molecule has 1 amide bonds. The minimum Gasteiger partial charge on any atom is -0.493 e. The van der Waals surface area contributed by atoms with Crippen molar-refractivity contribution in [1.29, 1.82) is 0 Å². The largest absolute Gasteiger partial charge is 0.493 e. The lowest BCUT2D eigenvalue weighted by molar-refractivity contribution is -0.123. The predicted octanol–water partition coefficient (Wildman–Crippen LogP) is 2.86. The fourth-order valence-electron chi connectivity index (χ4n) is 2.83. The van der Waals surface area contributed by atoms with Crippen LogP contribution in [-0.4, -0.2) is 40.8 Å². The molecule has 1 atom stereocenters. The molecule has 0 aliphatic carbocycles. The molecular formula is C22H29N3O5S. The maximum absolute atomic E-state index is 12.7. The van der Waals surface area contributed by atoms with E-state index in [9.17, 15) is 13.2 Å². The third-order valence-corrected chi connectivity index (χ3v) is 5.94. The Morgan fingerprint density at radius 3 is 2.29 bits per heavy atom. The van der Waals surface area contributed by atoms with Crippen LogP contribution in [0.3, 0.4) is 0 Å². The molecule has 2 aromatic carbocycles. The summed E-state index contributed by atoms with van der Waals surface area (Å²) < 4.78 is 38.3. The molecule has 9 heteroatoms. The van der Waals surface area contributed by atoms with E-state index in [1.54, 1.807) is 37.4 Å². The van der Waals surface area contributed by atoms with Crippen LogP contribution in [0.2, 0.25) is 0 Å². The third kappa shape index (κ3) is 7.08. The van der Waals surface area contributed by atoms with Crippen LogP contribution in [0.4, 0.5) is 0 Å². The quantitative estimate of drug-likeness (QED) is 0.430. The van der Waals surface area contributed by atoms with Crippen LogP contribution in [0, 0.1) is 12.8 Å². The number of ether oxygens (including phenoxy) is 2. The van der Waals surface area contributed by atoms with Gasteiger partial charge in [-0.25, -0.2) is 13.8 Å². The van der Waals surface area contributed by atoms with Gasteiger partial charge in [0.1, 0.15) is 6.04 Å². The van der Waals surface area contributed by atoms with Gasteiger partial charge in [0, 0.05) is 0 Å². The van der Waals surface area contributed by atoms with E-state index in [0.29, 0.717) is 23.5 Å². The summed E-state index contributed by atoms with van der Waals surface area (Å²) in [6.45, 7) is 5.69. The Labute approximate surface area is 183 Å². The van der Waals surface area contributed by atoms with Crippen molar-refractivity contribution in [2.45, 2.75) is 38.1 Å². The lowest BCUT2D eigenvalue weighted by Crippen LogP contribution is -2.46. The lowest BCUT2D eigenvalue weighted by Gasteiger charge is -2.19. The van der Waals surface area contributed by atoms with E-state index in [4.69, 9.17) is 9.47 Å². The summed E-state index contributed by atoms with van der Waals surface area (Å²) in [5.74, 6) is 0.653. The average molecular weight is 448 g/mol. The smallest absolute Gasteiger partial charge is 0.258 e. The first kappa shape index (κ1) is 24.4. The first-order valence-corrected chi connectivity index (χ1v) is 11.3. The SMILES string of the molecule is COc1ccc(/C=N\NC(=O)[C@H](CC(C)C)NS(=O)(=O)c2ccc(C)cc2)cc1OC. The summed E-state index contributed by atoms with van der Waals surface area (Å²) in [6, 6.07) is 10.7. The van der Waals surface area contributed by atoms with Gasteiger partial charge in [0.05, 0.1) is 25.3 Å². The average Bonchev–Trinajstić information content (AvgIpc) is 2.72. The molecule has 0 aromatic heterocycles. The van der Waals surface area contributed by atoms with Gasteiger partial charge in [0.2, 0.25) is 10.0 Å². The molecular weight excluding hydrogens is 418 g/mol. The first-order valence-electron chi connectivity index (χ1n) is 9.80. The summed E-state index contributed by atoms with van der Waals surface area (Å²) in [5, 5.41) is 3.96. The number of hydrazone groups is 1. The molecule has 0 radical (unpaired) electrons. The van der Waals surface area contributed by atoms with E-state index in [1.807, 2.05) is 20.8 Å². The van der Waals surface area contributed by atoms with Crippen LogP contribution in [-0.2, 0) is 14.8 Å². The van der Waals surface area contributed by atoms with Gasteiger partial charge in [-0.05, 0) is 55.2 Å². The topological polar surface area (TPSA) is 106 Å². The molecule has 0 heterocycles. The number of hydrogen-bond acceptors (Lipinski definition) is 6. The number of nitrogens with zero attached hydrogens (tertiary/aromatic N) is 1. The Bertz CT molecular complexity index is 1020. The Kier molecular flexibility index (Phi) is 8.58. The number of aryl methyl sites for hydroxylation is 1. The van der Waals surface area contributed by atoms with Crippen LogP contribution in [0.25, 0.3) is 0 Å². The monoisotopic (exact) mass is 447 g/mol. The highest BCUT2D eigenvalue weighted by molar-refractivity contribution is 7.89. The summed E-state index contributed by atoms with van der Waals surface area (Å²) in [6.07, 6.45) is 1.77. The number of amides is 1. The fraction of sp³-hybridized carbons (Fsp3) is 0.364. The molecule has 0 saturated carbocycles. The molecule has 0 fully saturated rings. The zero-order chi connectivity index (χ0) is 23.0. The second-order valence-corrected chi connectivity index (χ2v) is 9.18. The molecule has 0 spiro atoms. The molecule has 2 N–H and O–H groups in total. The van der Waals surface area contributed by atoms with Gasteiger partial charge in [-0.2, -0.15) is 9.82 Å². The van der Waals surface area contributed by atoms with Gasteiger partial charge >= 0.3 is 0 Å². The zero-order valence-electron chi connectivity index (χ0n) is 18.4. The summed E-state index contributed by atoms with van der Waals surface area (Å²) in [4.78, 5) is 12.8. The Morgan fingerprint density at radius 1 is 1.06 bits per heavy atom. The molecule has 0 saturated heterocycles. The van der Waals surface area contributed by atoms with E-state index in [0.717, 1.165) is 5.56 Å². The van der Waals surface area contributed by atoms with Crippen molar-refractivity contribution < 1.29 is 22.7 Å². The molecule has 0 bridgehead atoms. The second kappa shape index (κ2) is 10.9. The van der Waals surface area contributed by atoms with Gasteiger partial charge in [0.15, 0.2) is 11.5 Å². The number of hydrogen-bond donors (Lipinski definition) is 2. The van der Waals surface area contributed by atoms with Gasteiger partial charge in [-0.3, -0.25) is 4.79 Å². The second-order valence-electron chi connectivity index (χ2n) is 7.47. The highest BCUT2D eigenvalue weighted by Gasteiger charge is 2.26. The molecule has 2 rings (SSSR count). The fourth-order valence-corrected chi connectivity index (χ4v) is 4.04. The normalized spacial score (nSPS) is 12.7. The minimum atomic E-state index is -3.85. The molecule has 0 aliphatic rings. The van der Waals surface area contributed by atoms with Crippen LogP contribution < -0.4 is 19.6 Å². The van der Waals surface area contributed by atoms with Crippen molar-refractivity contribution in [3.05, 3.63) is 53.6 Å². The van der Waals surface area contributed by atoms with E-state index in [-0.39, 0.29) is 10.8 Å². The number of methoxy groups -OCH3 is 2. The number of rotatable bonds is 10. The van der Waals surface area contributed by atoms with Crippen molar-refractivity contribution in [2.75, 3.05) is 14.2 Å². The number of benzene rings is 2. The third-order valence-electron chi connectivity index (χ3n) is 4.45. The zero-order valence-corrected chi connectivity index (χ0v) is 19.2. The molecule has 8 nitrogen and oxygen atoms in total. The predicted molar refractivity (Wildman–Crippen MR) is 120 cm³/mol. The summed E-state index contributed by atoms with van der Waals surface area (Å²) >= 11 is 0. The number of carbonyl (C=O) groups excluding carboxylic acids is 1. The van der Waals surface area contributed by atoms with Gasteiger partial charge in [-0.1, -0.05) is 31.5 Å². The molecule has 2 aromatic rings. The first-order chi connectivity index (χ1) is 14.7. The van der Waals surface area contributed by atoms with Crippen molar-refractivity contribution >= 4 is 22.1 Å². The Balaban J connectivity index is 2.12. The summed E-state index contributed by atoms with van der Waals surface area (Å²) in [5.41, 5.74) is 4.04. The maximum Gasteiger partial charge on any atom is 0.258 e. The number of nitrogens with one attached hydrogen (secondary N) is 2. The molecule has 31 heavy (non-hydrogen) atoms. The van der Waals surface area contributed by atoms with Gasteiger partial charge in [0.25, 0.3) is 5.91 Å². The summed E-state index contributed by atoms with van der Waals surface area (Å²) in [7, 11) is -0.789. The van der Waals surface area contributed by atoms with Crippen molar-refractivity contribution in [3.8, 4) is 11.5 Å². The van der Waals surface area contributed by atoms with Crippen LogP contribution in [0.15, 0.2) is 52.5 Å². The van der Waals surface area contributed by atoms with Gasteiger partial charge < -0.3 is 9.47 Å². The van der Waals surface area contributed by atoms with Crippen LogP contribution in [0.1, 0.15) is 31.4 Å². The number of carbonyl (C=O) groups is 1. The molecule has 0 unspecified atom stereocenters. The Morgan fingerprint density at radius 2 is 1.71 bits per heavy atom. The van der Waals surface area contributed by atoms with E-state index in [1.165, 1.54) is 25.5 Å². The lowest BCUT2D eigenvalue weighted by atomic mass is 10.0. The van der Waals surface area contributed by atoms with E-state index >= 15 is 0 Å². The maximum atomic E-state index is 12.7. The van der Waals surface area contributed by atoms with E-state index < -0.39 is 22.0 Å². The van der Waals surface area contributed by atoms with Crippen molar-refractivity contribution in [2.24, 2.45) is 11.0 Å². The molecule has 0 aliphatic heterocycles. The van der Waals surface area contributed by atoms with Crippen LogP contribution >= 0.6 is 0 Å². The molecule has 168 valence electrons. The van der Waals surface area contributed by atoms with Crippen LogP contribution in [0.5, 0.6) is 11.5 Å². The van der Waals surface area contributed by atoms with Gasteiger partial charge in [-0.15, -0.1) is 0 Å². The van der Waals surface area contributed by atoms with Crippen molar-refractivity contribution in [3.63, 3.8) is 0 Å². The van der Waals surface area contributed by atoms with E-state index in [2.05, 4.69) is 15.2 Å². The minimum absolute atomic E-state index is 0.0892. The number of sulfonamides is 1. The van der Waals surface area contributed by atoms with Crippen molar-refractivity contribution in [1.82, 2.24) is 10.1 Å². The Hall–Kier alpha value is -2.91.